The predicted molar refractivity (Wildman–Crippen MR) is 135 cm³/mol. The molecule has 0 saturated carbocycles. The molecule has 1 heterocycles. The van der Waals surface area contributed by atoms with E-state index in [0.717, 1.165) is 24.0 Å². The molecule has 3 atom stereocenters. The second-order valence-electron chi connectivity index (χ2n) is 7.11. The number of amides is 1. The number of carbonyl (C=O) groups excluding carboxylic acids is 2. The van der Waals surface area contributed by atoms with Gasteiger partial charge in [0.1, 0.15) is 12.6 Å². The lowest BCUT2D eigenvalue weighted by molar-refractivity contribution is -0.147. The summed E-state index contributed by atoms with van der Waals surface area (Å²) in [5, 5.41) is 6.66. The Labute approximate surface area is 201 Å². The molecule has 0 spiro atoms. The molecule has 1 radical (unpaired) electrons. The first-order chi connectivity index (χ1) is 14.6. The molecule has 0 aliphatic heterocycles. The maximum Gasteiger partial charge on any atom is 0.328 e. The summed E-state index contributed by atoms with van der Waals surface area (Å²) in [5.41, 5.74) is 9.09. The maximum absolute atomic E-state index is 12.8. The van der Waals surface area contributed by atoms with Crippen molar-refractivity contribution in [2.75, 3.05) is 42.1 Å². The first-order valence-electron chi connectivity index (χ1n) is 9.72. The largest absolute Gasteiger partial charge is 0.463 e. The molecule has 0 aromatic carbocycles. The summed E-state index contributed by atoms with van der Waals surface area (Å²) in [6.45, 7) is 1.30. The van der Waals surface area contributed by atoms with Crippen LogP contribution in [-0.2, 0) is 30.6 Å². The fraction of sp³-hybridized carbons (Fsp3) is 0.684. The van der Waals surface area contributed by atoms with E-state index in [1.807, 2.05) is 23.1 Å². The van der Waals surface area contributed by atoms with Crippen LogP contribution in [0.1, 0.15) is 18.9 Å². The van der Waals surface area contributed by atoms with Crippen molar-refractivity contribution in [3.8, 4) is 0 Å². The van der Waals surface area contributed by atoms with Crippen LogP contribution in [0, 0.1) is 5.92 Å². The van der Waals surface area contributed by atoms with Gasteiger partial charge in [0.15, 0.2) is 9.84 Å². The number of thioether (sulfide) groups is 1. The van der Waals surface area contributed by atoms with Gasteiger partial charge in [0.25, 0.3) is 0 Å². The van der Waals surface area contributed by atoms with Crippen LogP contribution in [0.5, 0.6) is 0 Å². The number of hydrogen-bond acceptors (Lipinski definition) is 9. The summed E-state index contributed by atoms with van der Waals surface area (Å²) in [4.78, 5) is 24.9. The topological polar surface area (TPSA) is 113 Å². The maximum atomic E-state index is 12.8. The smallest absolute Gasteiger partial charge is 0.328 e. The van der Waals surface area contributed by atoms with Crippen LogP contribution in [-0.4, -0.2) is 74.5 Å². The van der Waals surface area contributed by atoms with Crippen molar-refractivity contribution in [3.05, 3.63) is 22.4 Å². The van der Waals surface area contributed by atoms with Crippen molar-refractivity contribution in [1.29, 1.82) is 0 Å². The minimum Gasteiger partial charge on any atom is -0.463 e. The van der Waals surface area contributed by atoms with Crippen LogP contribution in [0.25, 0.3) is 0 Å². The van der Waals surface area contributed by atoms with Crippen LogP contribution in [0.2, 0.25) is 0 Å². The molecule has 31 heavy (non-hydrogen) atoms. The molecule has 3 unspecified atom stereocenters. The predicted octanol–water partition coefficient (Wildman–Crippen LogP) is 2.79. The average molecular weight is 528 g/mol. The van der Waals surface area contributed by atoms with Gasteiger partial charge < -0.3 is 10.1 Å². The molecule has 1 amide bonds. The van der Waals surface area contributed by atoms with Crippen molar-refractivity contribution in [2.45, 2.75) is 31.8 Å². The number of carbonyl (C=O) groups is 2. The highest BCUT2D eigenvalue weighted by Gasteiger charge is 2.24. The number of rotatable bonds is 16. The van der Waals surface area contributed by atoms with Gasteiger partial charge in [-0.3, -0.25) is 10.5 Å². The Hall–Kier alpha value is -0.400. The van der Waals surface area contributed by atoms with E-state index < -0.39 is 21.8 Å². The van der Waals surface area contributed by atoms with Gasteiger partial charge in [0.2, 0.25) is 5.91 Å². The van der Waals surface area contributed by atoms with Crippen LogP contribution in [0.4, 0.5) is 0 Å². The van der Waals surface area contributed by atoms with Crippen molar-refractivity contribution < 1.29 is 22.7 Å². The SMILES string of the molecule is CSCCC([NH])CSSCC(Cc1ccsc1)C(=O)NC(C)C(=O)OCCS(C)(=O)=O. The highest BCUT2D eigenvalue weighted by molar-refractivity contribution is 8.76. The van der Waals surface area contributed by atoms with E-state index >= 15 is 0 Å². The van der Waals surface area contributed by atoms with E-state index in [2.05, 4.69) is 5.32 Å². The van der Waals surface area contributed by atoms with Gasteiger partial charge in [-0.25, -0.2) is 13.2 Å². The number of ether oxygens (including phenoxy) is 1. The van der Waals surface area contributed by atoms with E-state index in [9.17, 15) is 18.0 Å². The minimum atomic E-state index is -3.22. The molecule has 2 N–H and O–H groups in total. The minimum absolute atomic E-state index is 0.115. The van der Waals surface area contributed by atoms with Crippen molar-refractivity contribution in [3.63, 3.8) is 0 Å². The Balaban J connectivity index is 2.54. The normalized spacial score (nSPS) is 14.6. The lowest BCUT2D eigenvalue weighted by Crippen LogP contribution is -2.44. The summed E-state index contributed by atoms with van der Waals surface area (Å²) in [5.74, 6) is 0.783. The van der Waals surface area contributed by atoms with Gasteiger partial charge in [0, 0.05) is 23.8 Å². The highest BCUT2D eigenvalue weighted by Crippen LogP contribution is 2.27. The van der Waals surface area contributed by atoms with Gasteiger partial charge in [-0.05, 0) is 54.2 Å². The van der Waals surface area contributed by atoms with E-state index in [4.69, 9.17) is 10.5 Å². The first-order valence-corrected chi connectivity index (χ1v) is 16.6. The third kappa shape index (κ3) is 13.7. The quantitative estimate of drug-likeness (QED) is 0.198. The molecular formula is C19H31N2O5S5. The van der Waals surface area contributed by atoms with Gasteiger partial charge >= 0.3 is 5.97 Å². The Morgan fingerprint density at radius 1 is 1.29 bits per heavy atom. The zero-order valence-corrected chi connectivity index (χ0v) is 22.1. The molecule has 1 aromatic heterocycles. The van der Waals surface area contributed by atoms with E-state index in [1.54, 1.807) is 44.7 Å². The fourth-order valence-electron chi connectivity index (χ4n) is 2.33. The van der Waals surface area contributed by atoms with Crippen molar-refractivity contribution in [1.82, 2.24) is 11.1 Å². The third-order valence-electron chi connectivity index (χ3n) is 4.14. The number of esters is 1. The van der Waals surface area contributed by atoms with Gasteiger partial charge in [0.05, 0.1) is 11.7 Å². The zero-order chi connectivity index (χ0) is 23.3. The molecule has 0 aliphatic rings. The van der Waals surface area contributed by atoms with E-state index in [-0.39, 0.29) is 30.2 Å². The number of thiophene rings is 1. The molecule has 0 bridgehead atoms. The monoisotopic (exact) mass is 527 g/mol. The molecule has 12 heteroatoms. The lowest BCUT2D eigenvalue weighted by Gasteiger charge is -2.19. The molecule has 177 valence electrons. The Bertz CT molecular complexity index is 758. The molecule has 7 nitrogen and oxygen atoms in total. The second kappa shape index (κ2) is 15.4. The summed E-state index contributed by atoms with van der Waals surface area (Å²) in [6, 6.07) is 1.00. The lowest BCUT2D eigenvalue weighted by atomic mass is 10.0. The second-order valence-corrected chi connectivity index (χ2v) is 13.7. The van der Waals surface area contributed by atoms with Crippen LogP contribution >= 0.6 is 44.7 Å². The molecule has 1 aromatic rings. The number of sulfone groups is 1. The fourth-order valence-corrected chi connectivity index (χ4v) is 6.44. The molecule has 0 aliphatic carbocycles. The molecule has 1 rings (SSSR count). The highest BCUT2D eigenvalue weighted by atomic mass is 33.1. The van der Waals surface area contributed by atoms with Gasteiger partial charge in [-0.2, -0.15) is 23.1 Å². The summed E-state index contributed by atoms with van der Waals surface area (Å²) in [6.07, 6.45) is 4.52. The number of hydrogen-bond donors (Lipinski definition) is 1. The van der Waals surface area contributed by atoms with Gasteiger partial charge in [-0.1, -0.05) is 21.6 Å². The van der Waals surface area contributed by atoms with Crippen molar-refractivity contribution in [2.24, 2.45) is 5.92 Å². The molecule has 0 fully saturated rings. The summed E-state index contributed by atoms with van der Waals surface area (Å²) >= 11 is 3.31. The van der Waals surface area contributed by atoms with E-state index in [0.29, 0.717) is 17.9 Å². The first kappa shape index (κ1) is 28.6. The number of nitrogens with one attached hydrogen (secondary N) is 2. The Kier molecular flexibility index (Phi) is 14.3. The zero-order valence-electron chi connectivity index (χ0n) is 18.0. The Morgan fingerprint density at radius 3 is 2.61 bits per heavy atom. The molecule has 0 saturated heterocycles. The van der Waals surface area contributed by atoms with Gasteiger partial charge in [-0.15, -0.1) is 0 Å². The third-order valence-corrected chi connectivity index (χ3v) is 8.98. The van der Waals surface area contributed by atoms with Crippen LogP contribution in [0.3, 0.4) is 0 Å². The standard InChI is InChI=1S/C19H31N2O5S5/c1-14(19(23)26-6-9-31(3,24)25)21-18(22)16(10-15-4-8-28-11-15)12-29-30-13-17(20)5-7-27-2/h4,8,11,14,16-17,20H,5-7,9-10,12-13H2,1-3H3,(H,21,22). The van der Waals surface area contributed by atoms with Crippen LogP contribution in [0.15, 0.2) is 16.8 Å². The summed E-state index contributed by atoms with van der Waals surface area (Å²) in [7, 11) is -0.0410. The van der Waals surface area contributed by atoms with Crippen LogP contribution < -0.4 is 11.1 Å². The average Bonchev–Trinajstić information content (AvgIpc) is 3.20. The molecular weight excluding hydrogens is 497 g/mol. The Morgan fingerprint density at radius 2 is 2.00 bits per heavy atom. The van der Waals surface area contributed by atoms with E-state index in [1.165, 1.54) is 6.92 Å². The summed E-state index contributed by atoms with van der Waals surface area (Å²) < 4.78 is 27.2. The van der Waals surface area contributed by atoms with Crippen molar-refractivity contribution >= 4 is 66.4 Å².